The molecule has 20 heavy (non-hydrogen) atoms. The predicted octanol–water partition coefficient (Wildman–Crippen LogP) is 1.35. The number of thiazole rings is 1. The number of aromatic nitrogens is 1. The molecule has 2 N–H and O–H groups in total. The molecule has 2 unspecified atom stereocenters. The predicted molar refractivity (Wildman–Crippen MR) is 80.6 cm³/mol. The van der Waals surface area contributed by atoms with Gasteiger partial charge in [0.25, 0.3) is 0 Å². The van der Waals surface area contributed by atoms with Crippen LogP contribution < -0.4 is 5.73 Å². The quantitative estimate of drug-likeness (QED) is 0.894. The minimum atomic E-state index is 0.188. The average Bonchev–Trinajstić information content (AvgIpc) is 2.83. The maximum Gasteiger partial charge on any atom is 0.228 e. The molecule has 2 aliphatic heterocycles. The Bertz CT molecular complexity index is 489. The maximum absolute atomic E-state index is 12.5. The van der Waals surface area contributed by atoms with Crippen LogP contribution in [0.2, 0.25) is 0 Å². The summed E-state index contributed by atoms with van der Waals surface area (Å²) in [7, 11) is 0. The van der Waals surface area contributed by atoms with Gasteiger partial charge in [-0.2, -0.15) is 0 Å². The van der Waals surface area contributed by atoms with Crippen LogP contribution >= 0.6 is 11.3 Å². The summed E-state index contributed by atoms with van der Waals surface area (Å²) in [6, 6.07) is 0.859. The molecular weight excluding hydrogens is 272 g/mol. The lowest BCUT2D eigenvalue weighted by molar-refractivity contribution is -0.137. The average molecular weight is 294 g/mol. The Labute approximate surface area is 123 Å². The number of fused-ring (bicyclic) bond motifs is 1. The fourth-order valence-corrected chi connectivity index (χ4v) is 3.92. The lowest BCUT2D eigenvalue weighted by Gasteiger charge is -2.47. The van der Waals surface area contributed by atoms with Crippen LogP contribution in [0.25, 0.3) is 0 Å². The first-order chi connectivity index (χ1) is 9.63. The monoisotopic (exact) mass is 294 g/mol. The number of amides is 1. The number of carbonyl (C=O) groups is 1. The Balaban J connectivity index is 1.64. The van der Waals surface area contributed by atoms with Gasteiger partial charge in [0.15, 0.2) is 5.13 Å². The summed E-state index contributed by atoms with van der Waals surface area (Å²) < 4.78 is 0. The highest BCUT2D eigenvalue weighted by atomic mass is 32.1. The van der Waals surface area contributed by atoms with Crippen molar-refractivity contribution >= 4 is 22.4 Å². The molecule has 0 aliphatic carbocycles. The molecule has 2 atom stereocenters. The first-order valence-corrected chi connectivity index (χ1v) is 8.25. The van der Waals surface area contributed by atoms with Gasteiger partial charge in [0, 0.05) is 30.6 Å². The second-order valence-electron chi connectivity index (χ2n) is 5.89. The number of carbonyl (C=O) groups excluding carboxylic acids is 1. The molecule has 3 heterocycles. The topological polar surface area (TPSA) is 62.5 Å². The normalized spacial score (nSPS) is 27.4. The lowest BCUT2D eigenvalue weighted by atomic mass is 9.97. The van der Waals surface area contributed by atoms with Gasteiger partial charge >= 0.3 is 0 Å². The van der Waals surface area contributed by atoms with Gasteiger partial charge in [0.1, 0.15) is 0 Å². The molecule has 110 valence electrons. The highest BCUT2D eigenvalue weighted by Gasteiger charge is 2.35. The van der Waals surface area contributed by atoms with Crippen molar-refractivity contribution in [3.05, 3.63) is 11.1 Å². The second-order valence-corrected chi connectivity index (χ2v) is 6.78. The van der Waals surface area contributed by atoms with Crippen LogP contribution in [0.4, 0.5) is 5.13 Å². The molecule has 2 fully saturated rings. The van der Waals surface area contributed by atoms with Crippen molar-refractivity contribution in [2.24, 2.45) is 0 Å². The van der Waals surface area contributed by atoms with Crippen molar-refractivity contribution in [2.75, 3.05) is 25.4 Å². The Morgan fingerprint density at radius 3 is 3.10 bits per heavy atom. The SMILES string of the molecule is CC1CN2CCCCC2CN1C(=O)Cc1csc(N)n1. The van der Waals surface area contributed by atoms with E-state index >= 15 is 0 Å². The first-order valence-electron chi connectivity index (χ1n) is 7.37. The fraction of sp³-hybridized carbons (Fsp3) is 0.714. The minimum Gasteiger partial charge on any atom is -0.375 e. The molecule has 1 amide bonds. The molecule has 0 spiro atoms. The summed E-state index contributed by atoms with van der Waals surface area (Å²) in [6.07, 6.45) is 4.19. The smallest absolute Gasteiger partial charge is 0.228 e. The minimum absolute atomic E-state index is 0.188. The van der Waals surface area contributed by atoms with Crippen LogP contribution in [0.5, 0.6) is 0 Å². The lowest BCUT2D eigenvalue weighted by Crippen LogP contribution is -2.60. The second kappa shape index (κ2) is 5.69. The molecule has 0 radical (unpaired) electrons. The zero-order valence-corrected chi connectivity index (χ0v) is 12.7. The number of nitrogens with zero attached hydrogens (tertiary/aromatic N) is 3. The Morgan fingerprint density at radius 2 is 2.35 bits per heavy atom. The third kappa shape index (κ3) is 2.81. The number of piperidine rings is 1. The van der Waals surface area contributed by atoms with Crippen molar-refractivity contribution in [1.29, 1.82) is 0 Å². The summed E-state index contributed by atoms with van der Waals surface area (Å²) in [6.45, 7) is 5.23. The van der Waals surface area contributed by atoms with Crippen molar-refractivity contribution in [1.82, 2.24) is 14.8 Å². The molecular formula is C14H22N4OS. The van der Waals surface area contributed by atoms with E-state index in [1.165, 1.54) is 37.1 Å². The number of nitrogens with two attached hydrogens (primary N) is 1. The standard InChI is InChI=1S/C14H22N4OS/c1-10-7-17-5-3-2-4-12(17)8-18(10)13(19)6-11-9-20-14(15)16-11/h9-10,12H,2-8H2,1H3,(H2,15,16). The van der Waals surface area contributed by atoms with Crippen LogP contribution in [0.3, 0.4) is 0 Å². The summed E-state index contributed by atoms with van der Waals surface area (Å²) in [4.78, 5) is 21.3. The van der Waals surface area contributed by atoms with E-state index in [4.69, 9.17) is 5.73 Å². The third-order valence-corrected chi connectivity index (χ3v) is 5.13. The van der Waals surface area contributed by atoms with Crippen molar-refractivity contribution < 1.29 is 4.79 Å². The van der Waals surface area contributed by atoms with Crippen LogP contribution in [-0.4, -0.2) is 52.4 Å². The van der Waals surface area contributed by atoms with Gasteiger partial charge in [-0.3, -0.25) is 9.69 Å². The fourth-order valence-electron chi connectivity index (χ4n) is 3.36. The summed E-state index contributed by atoms with van der Waals surface area (Å²) in [5.74, 6) is 0.188. The van der Waals surface area contributed by atoms with E-state index in [-0.39, 0.29) is 5.91 Å². The molecule has 0 aromatic carbocycles. The summed E-state index contributed by atoms with van der Waals surface area (Å²) in [5, 5.41) is 2.42. The van der Waals surface area contributed by atoms with E-state index < -0.39 is 0 Å². The molecule has 5 nitrogen and oxygen atoms in total. The van der Waals surface area contributed by atoms with Gasteiger partial charge in [-0.25, -0.2) is 4.98 Å². The van der Waals surface area contributed by atoms with Gasteiger partial charge in [-0.1, -0.05) is 6.42 Å². The molecule has 0 bridgehead atoms. The molecule has 1 aromatic heterocycles. The van der Waals surface area contributed by atoms with Crippen molar-refractivity contribution in [3.8, 4) is 0 Å². The van der Waals surface area contributed by atoms with Crippen LogP contribution in [0.1, 0.15) is 31.9 Å². The summed E-state index contributed by atoms with van der Waals surface area (Å²) >= 11 is 1.40. The van der Waals surface area contributed by atoms with Crippen LogP contribution in [0.15, 0.2) is 5.38 Å². The number of nitrogen functional groups attached to an aromatic ring is 1. The van der Waals surface area contributed by atoms with Gasteiger partial charge in [-0.15, -0.1) is 11.3 Å². The maximum atomic E-state index is 12.5. The highest BCUT2D eigenvalue weighted by Crippen LogP contribution is 2.24. The molecule has 2 aliphatic rings. The number of rotatable bonds is 2. The van der Waals surface area contributed by atoms with Crippen molar-refractivity contribution in [3.63, 3.8) is 0 Å². The molecule has 0 saturated carbocycles. The van der Waals surface area contributed by atoms with E-state index in [0.29, 0.717) is 23.6 Å². The number of hydrogen-bond acceptors (Lipinski definition) is 5. The third-order valence-electron chi connectivity index (χ3n) is 4.41. The largest absolute Gasteiger partial charge is 0.375 e. The number of hydrogen-bond donors (Lipinski definition) is 1. The van der Waals surface area contributed by atoms with Crippen molar-refractivity contribution in [2.45, 2.75) is 44.7 Å². The molecule has 1 aromatic rings. The van der Waals surface area contributed by atoms with Gasteiger partial charge in [0.2, 0.25) is 5.91 Å². The zero-order valence-electron chi connectivity index (χ0n) is 11.9. The van der Waals surface area contributed by atoms with E-state index in [2.05, 4.69) is 16.8 Å². The van der Waals surface area contributed by atoms with Gasteiger partial charge in [-0.05, 0) is 26.3 Å². The molecule has 2 saturated heterocycles. The van der Waals surface area contributed by atoms with E-state index in [1.54, 1.807) is 0 Å². The number of anilines is 1. The first kappa shape index (κ1) is 13.8. The van der Waals surface area contributed by atoms with E-state index in [0.717, 1.165) is 18.8 Å². The van der Waals surface area contributed by atoms with E-state index in [1.807, 2.05) is 10.3 Å². The van der Waals surface area contributed by atoms with E-state index in [9.17, 15) is 4.79 Å². The van der Waals surface area contributed by atoms with Gasteiger partial charge < -0.3 is 10.6 Å². The highest BCUT2D eigenvalue weighted by molar-refractivity contribution is 7.13. The molecule has 3 rings (SSSR count). The molecule has 6 heteroatoms. The van der Waals surface area contributed by atoms with Crippen LogP contribution in [0, 0.1) is 0 Å². The zero-order chi connectivity index (χ0) is 14.1. The van der Waals surface area contributed by atoms with Crippen LogP contribution in [-0.2, 0) is 11.2 Å². The Morgan fingerprint density at radius 1 is 1.50 bits per heavy atom. The summed E-state index contributed by atoms with van der Waals surface area (Å²) in [5.41, 5.74) is 6.42. The Kier molecular flexibility index (Phi) is 3.94. The van der Waals surface area contributed by atoms with Gasteiger partial charge in [0.05, 0.1) is 12.1 Å². The Hall–Kier alpha value is -1.14. The number of piperazine rings is 1.